The van der Waals surface area contributed by atoms with Crippen LogP contribution in [0.4, 0.5) is 0 Å². The molecule has 0 bridgehead atoms. The first kappa shape index (κ1) is 38.9. The van der Waals surface area contributed by atoms with Crippen LogP contribution in [0, 0.1) is 0 Å². The molecule has 1 aliphatic heterocycles. The highest BCUT2D eigenvalue weighted by atomic mass is 16.6. The largest absolute Gasteiger partial charge is 0.462 e. The Morgan fingerprint density at radius 3 is 1.33 bits per heavy atom. The Morgan fingerprint density at radius 2 is 0.929 bits per heavy atom. The maximum absolute atomic E-state index is 12.8. The molecule has 0 unspecified atom stereocenters. The zero-order valence-electron chi connectivity index (χ0n) is 28.2. The van der Waals surface area contributed by atoms with Crippen LogP contribution in [0.3, 0.4) is 0 Å². The monoisotopic (exact) mass is 594 g/mol. The van der Waals surface area contributed by atoms with Gasteiger partial charge < -0.3 is 14.7 Å². The van der Waals surface area contributed by atoms with Crippen LogP contribution in [0.2, 0.25) is 0 Å². The Bertz CT molecular complexity index is 639. The van der Waals surface area contributed by atoms with Crippen LogP contribution in [0.5, 0.6) is 0 Å². The molecule has 1 fully saturated rings. The summed E-state index contributed by atoms with van der Waals surface area (Å²) in [6.07, 6.45) is 35.8. The van der Waals surface area contributed by atoms with Gasteiger partial charge in [0.15, 0.2) is 0 Å². The van der Waals surface area contributed by atoms with Gasteiger partial charge in [0, 0.05) is 19.4 Å². The van der Waals surface area contributed by atoms with Gasteiger partial charge >= 0.3 is 5.97 Å². The summed E-state index contributed by atoms with van der Waals surface area (Å²) in [5, 5.41) is 11.0. The fraction of sp³-hybridized carbons (Fsp3) is 0.946. The molecule has 0 saturated carbocycles. The Morgan fingerprint density at radius 1 is 0.571 bits per heavy atom. The third-order valence-corrected chi connectivity index (χ3v) is 9.21. The van der Waals surface area contributed by atoms with Crippen molar-refractivity contribution in [2.24, 2.45) is 0 Å². The van der Waals surface area contributed by atoms with E-state index in [1.165, 1.54) is 146 Å². The number of hydrogen-bond donors (Lipinski definition) is 1. The second-order valence-corrected chi connectivity index (χ2v) is 13.2. The molecule has 42 heavy (non-hydrogen) atoms. The van der Waals surface area contributed by atoms with Crippen molar-refractivity contribution in [1.82, 2.24) is 4.90 Å². The van der Waals surface area contributed by atoms with Gasteiger partial charge in [-0.15, -0.1) is 0 Å². The molecule has 248 valence electrons. The third kappa shape index (κ3) is 19.2. The molecule has 1 aliphatic rings. The highest BCUT2D eigenvalue weighted by Gasteiger charge is 2.49. The van der Waals surface area contributed by atoms with Crippen molar-refractivity contribution in [3.05, 3.63) is 0 Å². The van der Waals surface area contributed by atoms with E-state index in [1.54, 1.807) is 0 Å². The lowest BCUT2D eigenvalue weighted by molar-refractivity contribution is -0.187. The number of carbonyl (C=O) groups excluding carboxylic acids is 2. The number of likely N-dealkylation sites (tertiary alicyclic amines) is 1. The minimum absolute atomic E-state index is 0.105. The molecule has 0 aliphatic carbocycles. The number of rotatable bonds is 30. The van der Waals surface area contributed by atoms with E-state index in [4.69, 9.17) is 4.74 Å². The summed E-state index contributed by atoms with van der Waals surface area (Å²) in [6, 6.07) is 0. The van der Waals surface area contributed by atoms with Crippen molar-refractivity contribution in [1.29, 1.82) is 0 Å². The highest BCUT2D eigenvalue weighted by molar-refractivity contribution is 5.87. The second-order valence-electron chi connectivity index (χ2n) is 13.2. The van der Waals surface area contributed by atoms with E-state index in [0.29, 0.717) is 26.0 Å². The minimum Gasteiger partial charge on any atom is -0.462 e. The zero-order chi connectivity index (χ0) is 30.6. The second kappa shape index (κ2) is 27.4. The molecule has 0 aromatic carbocycles. The number of nitrogens with zero attached hydrogens (tertiary/aromatic N) is 1. The van der Waals surface area contributed by atoms with Crippen molar-refractivity contribution in [3.63, 3.8) is 0 Å². The molecular weight excluding hydrogens is 522 g/mol. The fourth-order valence-corrected chi connectivity index (χ4v) is 6.35. The highest BCUT2D eigenvalue weighted by Crippen LogP contribution is 2.29. The van der Waals surface area contributed by atoms with Crippen LogP contribution in [0.15, 0.2) is 0 Å². The van der Waals surface area contributed by atoms with Crippen molar-refractivity contribution < 1.29 is 19.4 Å². The van der Waals surface area contributed by atoms with Crippen molar-refractivity contribution >= 4 is 11.9 Å². The molecule has 5 heteroatoms. The number of ether oxygens (including phenoxy) is 1. The number of aliphatic hydroxyl groups is 1. The van der Waals surface area contributed by atoms with E-state index in [9.17, 15) is 14.7 Å². The number of esters is 1. The molecule has 0 aromatic rings. The lowest BCUT2D eigenvalue weighted by atomic mass is 10.0. The summed E-state index contributed by atoms with van der Waals surface area (Å²) in [5.74, 6) is -0.736. The van der Waals surface area contributed by atoms with Gasteiger partial charge in [0.2, 0.25) is 11.6 Å². The van der Waals surface area contributed by atoms with Crippen molar-refractivity contribution in [3.8, 4) is 0 Å². The van der Waals surface area contributed by atoms with Gasteiger partial charge in [0.25, 0.3) is 0 Å². The molecule has 0 spiro atoms. The molecule has 0 aromatic heterocycles. The average Bonchev–Trinajstić information content (AvgIpc) is 3.40. The molecule has 1 rings (SSSR count). The maximum atomic E-state index is 12.8. The zero-order valence-corrected chi connectivity index (χ0v) is 28.2. The van der Waals surface area contributed by atoms with E-state index >= 15 is 0 Å². The van der Waals surface area contributed by atoms with Gasteiger partial charge in [0.05, 0.1) is 6.61 Å². The SMILES string of the molecule is CCCCCCCCCCCCCCCCOC(=O)[C@]1(O)CCCN1C(=O)CCCCCCCCCCCCCCC. The molecule has 5 nitrogen and oxygen atoms in total. The van der Waals surface area contributed by atoms with E-state index in [0.717, 1.165) is 32.1 Å². The van der Waals surface area contributed by atoms with Crippen LogP contribution in [-0.2, 0) is 14.3 Å². The third-order valence-electron chi connectivity index (χ3n) is 9.21. The molecule has 1 saturated heterocycles. The van der Waals surface area contributed by atoms with Gasteiger partial charge in [-0.25, -0.2) is 4.79 Å². The minimum atomic E-state index is -1.76. The van der Waals surface area contributed by atoms with Crippen LogP contribution >= 0.6 is 0 Å². The fourth-order valence-electron chi connectivity index (χ4n) is 6.35. The normalized spacial score (nSPS) is 16.8. The Kier molecular flexibility index (Phi) is 25.4. The van der Waals surface area contributed by atoms with Gasteiger partial charge in [-0.3, -0.25) is 4.79 Å². The first-order valence-electron chi connectivity index (χ1n) is 18.8. The number of carbonyl (C=O) groups is 2. The summed E-state index contributed by atoms with van der Waals surface area (Å²) in [6.45, 7) is 5.31. The Hall–Kier alpha value is -1.10. The summed E-state index contributed by atoms with van der Waals surface area (Å²) < 4.78 is 5.46. The van der Waals surface area contributed by atoms with E-state index in [2.05, 4.69) is 13.8 Å². The van der Waals surface area contributed by atoms with E-state index < -0.39 is 11.7 Å². The first-order chi connectivity index (χ1) is 20.6. The number of unbranched alkanes of at least 4 members (excludes halogenated alkanes) is 25. The van der Waals surface area contributed by atoms with Crippen LogP contribution in [0.25, 0.3) is 0 Å². The van der Waals surface area contributed by atoms with E-state index in [1.807, 2.05) is 0 Å². The molecule has 1 amide bonds. The number of amides is 1. The van der Waals surface area contributed by atoms with E-state index in [-0.39, 0.29) is 12.3 Å². The molecule has 1 N–H and O–H groups in total. The smallest absolute Gasteiger partial charge is 0.359 e. The summed E-state index contributed by atoms with van der Waals surface area (Å²) in [4.78, 5) is 27.0. The Labute approximate surface area is 261 Å². The molecule has 1 heterocycles. The van der Waals surface area contributed by atoms with Gasteiger partial charge in [-0.2, -0.15) is 0 Å². The molecule has 0 radical (unpaired) electrons. The predicted molar refractivity (Wildman–Crippen MR) is 177 cm³/mol. The van der Waals surface area contributed by atoms with Gasteiger partial charge in [-0.05, 0) is 19.3 Å². The summed E-state index contributed by atoms with van der Waals surface area (Å²) >= 11 is 0. The van der Waals surface area contributed by atoms with Crippen molar-refractivity contribution in [2.75, 3.05) is 13.2 Å². The Balaban J connectivity index is 2.02. The number of hydrogen-bond acceptors (Lipinski definition) is 4. The van der Waals surface area contributed by atoms with Gasteiger partial charge in [-0.1, -0.05) is 174 Å². The van der Waals surface area contributed by atoms with Crippen molar-refractivity contribution in [2.45, 2.75) is 212 Å². The quantitative estimate of drug-likeness (QED) is 0.0664. The summed E-state index contributed by atoms with van der Waals surface area (Å²) in [7, 11) is 0. The lowest BCUT2D eigenvalue weighted by Gasteiger charge is -2.31. The van der Waals surface area contributed by atoms with Crippen LogP contribution in [-0.4, -0.2) is 40.8 Å². The molecular formula is C37H71NO4. The predicted octanol–water partition coefficient (Wildman–Crippen LogP) is 10.8. The maximum Gasteiger partial charge on any atom is 0.359 e. The average molecular weight is 594 g/mol. The molecule has 1 atom stereocenters. The summed E-state index contributed by atoms with van der Waals surface area (Å²) in [5.41, 5.74) is -1.76. The standard InChI is InChI=1S/C37H71NO4/c1-3-5-7-9-11-13-15-17-19-21-23-25-27-29-34-42-36(40)37(41)32-30-33-38(37)35(39)31-28-26-24-22-20-18-16-14-12-10-8-6-4-2/h41H,3-34H2,1-2H3/t37-/m1/s1. The van der Waals surface area contributed by atoms with Crippen LogP contribution in [0.1, 0.15) is 206 Å². The lowest BCUT2D eigenvalue weighted by Crippen LogP contribution is -2.53. The first-order valence-corrected chi connectivity index (χ1v) is 18.8. The van der Waals surface area contributed by atoms with Gasteiger partial charge in [0.1, 0.15) is 0 Å². The van der Waals surface area contributed by atoms with Crippen LogP contribution < -0.4 is 0 Å². The topological polar surface area (TPSA) is 66.8 Å².